The molecule has 32 heavy (non-hydrogen) atoms. The van der Waals surface area contributed by atoms with Crippen LogP contribution >= 0.6 is 0 Å². The maximum absolute atomic E-state index is 14.4. The highest BCUT2D eigenvalue weighted by molar-refractivity contribution is 6.04. The number of aromatic nitrogens is 3. The predicted octanol–water partition coefficient (Wildman–Crippen LogP) is 5.25. The van der Waals surface area contributed by atoms with Gasteiger partial charge in [0.15, 0.2) is 5.82 Å². The van der Waals surface area contributed by atoms with Crippen molar-refractivity contribution in [3.8, 4) is 23.1 Å². The summed E-state index contributed by atoms with van der Waals surface area (Å²) in [6.07, 6.45) is -0.150. The van der Waals surface area contributed by atoms with Crippen LogP contribution in [0.15, 0.2) is 72.8 Å². The minimum absolute atomic E-state index is 0.131. The lowest BCUT2D eigenvalue weighted by molar-refractivity contribution is 0.102. The van der Waals surface area contributed by atoms with Crippen molar-refractivity contribution in [3.05, 3.63) is 90.0 Å². The minimum atomic E-state index is -0.430. The van der Waals surface area contributed by atoms with Crippen molar-refractivity contribution in [2.24, 2.45) is 0 Å². The van der Waals surface area contributed by atoms with Gasteiger partial charge in [0, 0.05) is 11.3 Å². The summed E-state index contributed by atoms with van der Waals surface area (Å²) in [5, 5.41) is 7.13. The molecule has 4 rings (SSSR count). The topological polar surface area (TPSA) is 69.0 Å². The molecule has 3 aromatic carbocycles. The van der Waals surface area contributed by atoms with Crippen molar-refractivity contribution in [3.63, 3.8) is 0 Å². The van der Waals surface area contributed by atoms with Gasteiger partial charge < -0.3 is 10.1 Å². The number of hydrogen-bond acceptors (Lipinski definition) is 4. The Balaban J connectivity index is 1.63. The fourth-order valence-corrected chi connectivity index (χ4v) is 3.04. The van der Waals surface area contributed by atoms with Gasteiger partial charge in [-0.1, -0.05) is 12.1 Å². The van der Waals surface area contributed by atoms with E-state index in [1.807, 2.05) is 13.8 Å². The molecule has 0 atom stereocenters. The number of nitrogens with zero attached hydrogens (tertiary/aromatic N) is 3. The Labute approximate surface area is 183 Å². The first-order valence-electron chi connectivity index (χ1n) is 9.96. The van der Waals surface area contributed by atoms with E-state index < -0.39 is 11.6 Å². The molecular weight excluding hydrogens is 414 g/mol. The standard InChI is InChI=1S/C24H20F2N4O2/c1-15(2)32-24-28-22(20-5-3-4-6-21(20)26)30(29-24)19-13-11-18(12-14-19)27-23(31)16-7-9-17(25)10-8-16/h3-15H,1-2H3,(H,27,31). The summed E-state index contributed by atoms with van der Waals surface area (Å²) in [6, 6.07) is 18.5. The van der Waals surface area contributed by atoms with Crippen LogP contribution in [0.4, 0.5) is 14.5 Å². The second-order valence-electron chi connectivity index (χ2n) is 7.28. The van der Waals surface area contributed by atoms with Crippen LogP contribution in [0.5, 0.6) is 6.01 Å². The summed E-state index contributed by atoms with van der Waals surface area (Å²) in [5.41, 5.74) is 1.76. The molecule has 0 saturated heterocycles. The van der Waals surface area contributed by atoms with Crippen LogP contribution in [-0.4, -0.2) is 26.8 Å². The average Bonchev–Trinajstić information content (AvgIpc) is 3.17. The van der Waals surface area contributed by atoms with Gasteiger partial charge in [0.25, 0.3) is 5.91 Å². The van der Waals surface area contributed by atoms with Crippen LogP contribution < -0.4 is 10.1 Å². The molecule has 6 nitrogen and oxygen atoms in total. The maximum Gasteiger partial charge on any atom is 0.336 e. The molecule has 0 aliphatic rings. The fourth-order valence-electron chi connectivity index (χ4n) is 3.04. The molecule has 0 bridgehead atoms. The second-order valence-corrected chi connectivity index (χ2v) is 7.28. The van der Waals surface area contributed by atoms with E-state index in [1.54, 1.807) is 42.5 Å². The SMILES string of the molecule is CC(C)Oc1nc(-c2ccccc2F)n(-c2ccc(NC(=O)c3ccc(F)cc3)cc2)n1. The number of halogens is 2. The van der Waals surface area contributed by atoms with E-state index in [1.165, 1.54) is 35.0 Å². The Hall–Kier alpha value is -4.07. The van der Waals surface area contributed by atoms with Crippen LogP contribution in [-0.2, 0) is 0 Å². The highest BCUT2D eigenvalue weighted by Crippen LogP contribution is 2.26. The molecule has 0 aliphatic carbocycles. The zero-order valence-corrected chi connectivity index (χ0v) is 17.4. The van der Waals surface area contributed by atoms with E-state index in [-0.39, 0.29) is 23.6 Å². The lowest BCUT2D eigenvalue weighted by Gasteiger charge is -2.09. The van der Waals surface area contributed by atoms with Crippen molar-refractivity contribution in [2.45, 2.75) is 20.0 Å². The number of anilines is 1. The first kappa shape index (κ1) is 21.2. The van der Waals surface area contributed by atoms with E-state index in [0.717, 1.165) is 0 Å². The zero-order valence-electron chi connectivity index (χ0n) is 17.4. The average molecular weight is 434 g/mol. The molecule has 4 aromatic rings. The van der Waals surface area contributed by atoms with Gasteiger partial charge in [0.1, 0.15) is 11.6 Å². The molecule has 0 spiro atoms. The number of rotatable bonds is 6. The van der Waals surface area contributed by atoms with Gasteiger partial charge in [-0.15, -0.1) is 5.10 Å². The molecule has 162 valence electrons. The highest BCUT2D eigenvalue weighted by atomic mass is 19.1. The van der Waals surface area contributed by atoms with E-state index in [0.29, 0.717) is 22.8 Å². The van der Waals surface area contributed by atoms with Gasteiger partial charge >= 0.3 is 6.01 Å². The number of benzene rings is 3. The van der Waals surface area contributed by atoms with Gasteiger partial charge in [0.2, 0.25) is 0 Å². The van der Waals surface area contributed by atoms with Crippen LogP contribution in [0.1, 0.15) is 24.2 Å². The minimum Gasteiger partial charge on any atom is -0.460 e. The molecule has 0 saturated carbocycles. The van der Waals surface area contributed by atoms with Gasteiger partial charge in [-0.2, -0.15) is 4.98 Å². The van der Waals surface area contributed by atoms with Gasteiger partial charge in [-0.05, 0) is 74.5 Å². The number of amides is 1. The van der Waals surface area contributed by atoms with E-state index in [9.17, 15) is 13.6 Å². The smallest absolute Gasteiger partial charge is 0.336 e. The quantitative estimate of drug-likeness (QED) is 0.450. The van der Waals surface area contributed by atoms with Crippen LogP contribution in [0, 0.1) is 11.6 Å². The Kier molecular flexibility index (Phi) is 5.93. The van der Waals surface area contributed by atoms with E-state index >= 15 is 0 Å². The number of ether oxygens (including phenoxy) is 1. The summed E-state index contributed by atoms with van der Waals surface area (Å²) in [5.74, 6) is -0.911. The van der Waals surface area contributed by atoms with Gasteiger partial charge in [-0.3, -0.25) is 4.79 Å². The molecular formula is C24H20F2N4O2. The molecule has 0 aliphatic heterocycles. The largest absolute Gasteiger partial charge is 0.460 e. The number of carbonyl (C=O) groups is 1. The molecule has 1 N–H and O–H groups in total. The third kappa shape index (κ3) is 4.64. The number of carbonyl (C=O) groups excluding carboxylic acids is 1. The zero-order chi connectivity index (χ0) is 22.7. The van der Waals surface area contributed by atoms with Crippen molar-refractivity contribution in [1.82, 2.24) is 14.8 Å². The molecule has 0 unspecified atom stereocenters. The van der Waals surface area contributed by atoms with Crippen molar-refractivity contribution < 1.29 is 18.3 Å². The third-order valence-electron chi connectivity index (χ3n) is 4.52. The predicted molar refractivity (Wildman–Crippen MR) is 117 cm³/mol. The van der Waals surface area contributed by atoms with Gasteiger partial charge in [-0.25, -0.2) is 13.5 Å². The molecule has 1 heterocycles. The number of nitrogens with one attached hydrogen (secondary N) is 1. The van der Waals surface area contributed by atoms with Crippen molar-refractivity contribution in [1.29, 1.82) is 0 Å². The second kappa shape index (κ2) is 8.97. The first-order chi connectivity index (χ1) is 15.4. The summed E-state index contributed by atoms with van der Waals surface area (Å²) in [6.45, 7) is 3.70. The number of hydrogen-bond donors (Lipinski definition) is 1. The fraction of sp³-hybridized carbons (Fsp3) is 0.125. The highest BCUT2D eigenvalue weighted by Gasteiger charge is 2.18. The lowest BCUT2D eigenvalue weighted by atomic mass is 10.2. The Bertz CT molecular complexity index is 1240. The molecule has 0 radical (unpaired) electrons. The normalized spacial score (nSPS) is 10.9. The maximum atomic E-state index is 14.4. The Morgan fingerprint density at radius 2 is 1.66 bits per heavy atom. The van der Waals surface area contributed by atoms with E-state index in [4.69, 9.17) is 4.74 Å². The summed E-state index contributed by atoms with van der Waals surface area (Å²) < 4.78 is 34.6. The van der Waals surface area contributed by atoms with Crippen molar-refractivity contribution >= 4 is 11.6 Å². The van der Waals surface area contributed by atoms with Crippen molar-refractivity contribution in [2.75, 3.05) is 5.32 Å². The summed E-state index contributed by atoms with van der Waals surface area (Å²) >= 11 is 0. The first-order valence-corrected chi connectivity index (χ1v) is 9.96. The summed E-state index contributed by atoms with van der Waals surface area (Å²) in [4.78, 5) is 16.7. The lowest BCUT2D eigenvalue weighted by Crippen LogP contribution is -2.12. The van der Waals surface area contributed by atoms with Gasteiger partial charge in [0.05, 0.1) is 17.4 Å². The third-order valence-corrected chi connectivity index (χ3v) is 4.52. The summed E-state index contributed by atoms with van der Waals surface area (Å²) in [7, 11) is 0. The molecule has 0 fully saturated rings. The Morgan fingerprint density at radius 3 is 2.31 bits per heavy atom. The van der Waals surface area contributed by atoms with Crippen LogP contribution in [0.3, 0.4) is 0 Å². The Morgan fingerprint density at radius 1 is 0.969 bits per heavy atom. The molecule has 1 aromatic heterocycles. The van der Waals surface area contributed by atoms with Crippen LogP contribution in [0.25, 0.3) is 17.1 Å². The van der Waals surface area contributed by atoms with E-state index in [2.05, 4.69) is 15.4 Å². The molecule has 8 heteroatoms. The monoisotopic (exact) mass is 434 g/mol. The van der Waals surface area contributed by atoms with Crippen LogP contribution in [0.2, 0.25) is 0 Å². The molecule has 1 amide bonds.